The van der Waals surface area contributed by atoms with Crippen LogP contribution in [0.4, 0.5) is 11.9 Å². The molecule has 2 aromatic heterocycles. The number of aryl methyl sites for hydroxylation is 1. The van der Waals surface area contributed by atoms with E-state index in [1.165, 1.54) is 4.88 Å². The van der Waals surface area contributed by atoms with Crippen LogP contribution >= 0.6 is 11.3 Å². The lowest BCUT2D eigenvalue weighted by Crippen LogP contribution is -2.40. The van der Waals surface area contributed by atoms with E-state index in [0.717, 1.165) is 48.8 Å². The Balaban J connectivity index is 1.71. The number of anilines is 2. The van der Waals surface area contributed by atoms with Crippen LogP contribution in [0.5, 0.6) is 0 Å². The minimum Gasteiger partial charge on any atom is -0.378 e. The second-order valence-corrected chi connectivity index (χ2v) is 7.16. The van der Waals surface area contributed by atoms with E-state index in [1.807, 2.05) is 0 Å². The summed E-state index contributed by atoms with van der Waals surface area (Å²) >= 11 is 1.71. The molecular weight excluding hydrogens is 326 g/mol. The lowest BCUT2D eigenvalue weighted by molar-refractivity contribution is 0.121. The van der Waals surface area contributed by atoms with Gasteiger partial charge in [0.2, 0.25) is 11.9 Å². The summed E-state index contributed by atoms with van der Waals surface area (Å²) in [6.07, 6.45) is 0. The zero-order chi connectivity index (χ0) is 16.4. The Kier molecular flexibility index (Phi) is 4.59. The molecular formula is C16H21N5O2S. The minimum absolute atomic E-state index is 0.714. The van der Waals surface area contributed by atoms with Gasteiger partial charge in [0.15, 0.2) is 5.82 Å². The second kappa shape index (κ2) is 7.00. The van der Waals surface area contributed by atoms with Crippen LogP contribution in [0.2, 0.25) is 0 Å². The molecule has 0 saturated carbocycles. The van der Waals surface area contributed by atoms with E-state index in [9.17, 15) is 0 Å². The number of hydrogen-bond donors (Lipinski definition) is 0. The number of thiophene rings is 1. The van der Waals surface area contributed by atoms with Gasteiger partial charge in [0, 0.05) is 31.1 Å². The van der Waals surface area contributed by atoms with Crippen molar-refractivity contribution in [2.75, 3.05) is 62.4 Å². The Hall–Kier alpha value is -1.77. The molecule has 0 spiro atoms. The number of morpholine rings is 2. The van der Waals surface area contributed by atoms with Crippen LogP contribution in [0.25, 0.3) is 10.7 Å². The molecule has 2 fully saturated rings. The Bertz CT molecular complexity index is 659. The molecule has 0 bridgehead atoms. The molecule has 0 N–H and O–H groups in total. The second-order valence-electron chi connectivity index (χ2n) is 5.87. The Morgan fingerprint density at radius 1 is 0.833 bits per heavy atom. The molecule has 7 nitrogen and oxygen atoms in total. The minimum atomic E-state index is 0.714. The molecule has 0 aliphatic carbocycles. The number of rotatable bonds is 3. The molecule has 2 aliphatic heterocycles. The number of aromatic nitrogens is 3. The zero-order valence-electron chi connectivity index (χ0n) is 13.8. The van der Waals surface area contributed by atoms with Gasteiger partial charge >= 0.3 is 0 Å². The van der Waals surface area contributed by atoms with Crippen molar-refractivity contribution in [2.45, 2.75) is 6.92 Å². The predicted octanol–water partition coefficient (Wildman–Crippen LogP) is 1.58. The summed E-state index contributed by atoms with van der Waals surface area (Å²) in [5, 5.41) is 0. The maximum Gasteiger partial charge on any atom is 0.230 e. The first kappa shape index (κ1) is 15.7. The summed E-state index contributed by atoms with van der Waals surface area (Å²) in [6, 6.07) is 4.19. The van der Waals surface area contributed by atoms with Crippen molar-refractivity contribution in [3.8, 4) is 10.7 Å². The van der Waals surface area contributed by atoms with Crippen LogP contribution in [-0.2, 0) is 9.47 Å². The molecule has 4 heterocycles. The fourth-order valence-electron chi connectivity index (χ4n) is 2.83. The van der Waals surface area contributed by atoms with Crippen LogP contribution < -0.4 is 9.80 Å². The van der Waals surface area contributed by atoms with Gasteiger partial charge in [0.25, 0.3) is 0 Å². The molecule has 2 aliphatic rings. The largest absolute Gasteiger partial charge is 0.378 e. The lowest BCUT2D eigenvalue weighted by Gasteiger charge is -2.30. The van der Waals surface area contributed by atoms with E-state index in [4.69, 9.17) is 24.4 Å². The molecule has 8 heteroatoms. The molecule has 2 aromatic rings. The van der Waals surface area contributed by atoms with Gasteiger partial charge in [-0.15, -0.1) is 11.3 Å². The number of hydrogen-bond acceptors (Lipinski definition) is 8. The average molecular weight is 347 g/mol. The first-order valence-electron chi connectivity index (χ1n) is 8.28. The molecule has 0 atom stereocenters. The zero-order valence-corrected chi connectivity index (χ0v) is 14.6. The number of ether oxygens (including phenoxy) is 2. The van der Waals surface area contributed by atoms with Crippen LogP contribution in [0.15, 0.2) is 12.1 Å². The highest BCUT2D eigenvalue weighted by molar-refractivity contribution is 7.15. The van der Waals surface area contributed by atoms with Crippen LogP contribution in [0.1, 0.15) is 4.88 Å². The van der Waals surface area contributed by atoms with Crippen molar-refractivity contribution in [2.24, 2.45) is 0 Å². The van der Waals surface area contributed by atoms with Crippen LogP contribution in [0.3, 0.4) is 0 Å². The van der Waals surface area contributed by atoms with E-state index in [-0.39, 0.29) is 0 Å². The summed E-state index contributed by atoms with van der Waals surface area (Å²) in [6.45, 7) is 8.22. The summed E-state index contributed by atoms with van der Waals surface area (Å²) < 4.78 is 10.9. The topological polar surface area (TPSA) is 63.6 Å². The highest BCUT2D eigenvalue weighted by Gasteiger charge is 2.21. The SMILES string of the molecule is Cc1ccc(-c2nc(N3CCOCC3)nc(N3CCOCC3)n2)s1. The van der Waals surface area contributed by atoms with Crippen LogP contribution in [0, 0.1) is 6.92 Å². The predicted molar refractivity (Wildman–Crippen MR) is 93.9 cm³/mol. The van der Waals surface area contributed by atoms with Gasteiger partial charge in [-0.25, -0.2) is 0 Å². The van der Waals surface area contributed by atoms with Gasteiger partial charge in [-0.1, -0.05) is 0 Å². The molecule has 0 radical (unpaired) electrons. The van der Waals surface area contributed by atoms with Crippen molar-refractivity contribution in [3.63, 3.8) is 0 Å². The summed E-state index contributed by atoms with van der Waals surface area (Å²) in [5.74, 6) is 2.25. The molecule has 0 aromatic carbocycles. The van der Waals surface area contributed by atoms with Gasteiger partial charge in [-0.2, -0.15) is 15.0 Å². The van der Waals surface area contributed by atoms with E-state index in [1.54, 1.807) is 11.3 Å². The molecule has 4 rings (SSSR count). The molecule has 128 valence electrons. The lowest BCUT2D eigenvalue weighted by atomic mass is 10.4. The van der Waals surface area contributed by atoms with E-state index < -0.39 is 0 Å². The van der Waals surface area contributed by atoms with Gasteiger partial charge in [0.05, 0.1) is 31.3 Å². The fraction of sp³-hybridized carbons (Fsp3) is 0.562. The summed E-state index contributed by atoms with van der Waals surface area (Å²) in [5.41, 5.74) is 0. The van der Waals surface area contributed by atoms with Crippen molar-refractivity contribution in [1.82, 2.24) is 15.0 Å². The fourth-order valence-corrected chi connectivity index (χ4v) is 3.63. The molecule has 2 saturated heterocycles. The maximum atomic E-state index is 5.45. The summed E-state index contributed by atoms with van der Waals surface area (Å²) in [7, 11) is 0. The molecule has 0 amide bonds. The van der Waals surface area contributed by atoms with E-state index >= 15 is 0 Å². The third-order valence-corrected chi connectivity index (χ3v) is 5.16. The summed E-state index contributed by atoms with van der Waals surface area (Å²) in [4.78, 5) is 20.9. The number of nitrogens with zero attached hydrogens (tertiary/aromatic N) is 5. The standard InChI is InChI=1S/C16H21N5O2S/c1-12-2-3-13(24-12)14-17-15(20-4-8-22-9-5-20)19-16(18-14)21-6-10-23-11-7-21/h2-3H,4-11H2,1H3. The van der Waals surface area contributed by atoms with Gasteiger partial charge < -0.3 is 19.3 Å². The highest BCUT2D eigenvalue weighted by Crippen LogP contribution is 2.28. The van der Waals surface area contributed by atoms with Crippen molar-refractivity contribution >= 4 is 23.2 Å². The van der Waals surface area contributed by atoms with Crippen molar-refractivity contribution in [3.05, 3.63) is 17.0 Å². The Labute approximate surface area is 145 Å². The first-order chi connectivity index (χ1) is 11.8. The maximum absolute atomic E-state index is 5.45. The third-order valence-electron chi connectivity index (χ3n) is 4.16. The Morgan fingerprint density at radius 2 is 1.38 bits per heavy atom. The first-order valence-corrected chi connectivity index (χ1v) is 9.09. The van der Waals surface area contributed by atoms with Gasteiger partial charge in [-0.05, 0) is 19.1 Å². The van der Waals surface area contributed by atoms with Crippen molar-refractivity contribution < 1.29 is 9.47 Å². The third kappa shape index (κ3) is 3.35. The monoisotopic (exact) mass is 347 g/mol. The average Bonchev–Trinajstić information content (AvgIpc) is 3.09. The Morgan fingerprint density at radius 3 is 1.83 bits per heavy atom. The van der Waals surface area contributed by atoms with Gasteiger partial charge in [-0.3, -0.25) is 0 Å². The smallest absolute Gasteiger partial charge is 0.230 e. The van der Waals surface area contributed by atoms with E-state index in [0.29, 0.717) is 26.4 Å². The van der Waals surface area contributed by atoms with E-state index in [2.05, 4.69) is 28.9 Å². The van der Waals surface area contributed by atoms with Crippen LogP contribution in [-0.4, -0.2) is 67.6 Å². The quantitative estimate of drug-likeness (QED) is 0.835. The molecule has 0 unspecified atom stereocenters. The van der Waals surface area contributed by atoms with Crippen molar-refractivity contribution in [1.29, 1.82) is 0 Å². The normalized spacial score (nSPS) is 18.9. The van der Waals surface area contributed by atoms with Gasteiger partial charge in [0.1, 0.15) is 0 Å². The highest BCUT2D eigenvalue weighted by atomic mass is 32.1. The molecule has 24 heavy (non-hydrogen) atoms.